The molecular formula is C17H30N2S. The highest BCUT2D eigenvalue weighted by molar-refractivity contribution is 7.09. The maximum absolute atomic E-state index is 4.51. The normalized spacial score (nSPS) is 27.1. The van der Waals surface area contributed by atoms with E-state index >= 15 is 0 Å². The zero-order valence-corrected chi connectivity index (χ0v) is 14.1. The third-order valence-corrected chi connectivity index (χ3v) is 5.46. The molecular weight excluding hydrogens is 264 g/mol. The molecule has 20 heavy (non-hydrogen) atoms. The second-order valence-electron chi connectivity index (χ2n) is 6.68. The van der Waals surface area contributed by atoms with E-state index in [1.165, 1.54) is 50.1 Å². The van der Waals surface area contributed by atoms with Crippen LogP contribution in [0.4, 0.5) is 0 Å². The Balaban J connectivity index is 1.94. The molecule has 1 aliphatic carbocycles. The number of nitrogens with one attached hydrogen (secondary N) is 1. The topological polar surface area (TPSA) is 24.9 Å². The highest BCUT2D eigenvalue weighted by atomic mass is 32.1. The highest BCUT2D eigenvalue weighted by Gasteiger charge is 2.30. The van der Waals surface area contributed by atoms with Gasteiger partial charge in [-0.05, 0) is 37.1 Å². The predicted octanol–water partition coefficient (Wildman–Crippen LogP) is 4.52. The third-order valence-electron chi connectivity index (χ3n) is 4.65. The summed E-state index contributed by atoms with van der Waals surface area (Å²) in [4.78, 5) is 4.51. The van der Waals surface area contributed by atoms with Gasteiger partial charge < -0.3 is 5.32 Å². The molecule has 2 nitrogen and oxygen atoms in total. The van der Waals surface area contributed by atoms with E-state index in [1.54, 1.807) is 0 Å². The van der Waals surface area contributed by atoms with Gasteiger partial charge in [0, 0.05) is 24.0 Å². The molecule has 1 aromatic heterocycles. The molecule has 3 atom stereocenters. The Kier molecular flexibility index (Phi) is 6.50. The largest absolute Gasteiger partial charge is 0.314 e. The van der Waals surface area contributed by atoms with Gasteiger partial charge in [-0.25, -0.2) is 4.98 Å². The summed E-state index contributed by atoms with van der Waals surface area (Å²) < 4.78 is 0. The molecule has 3 unspecified atom stereocenters. The van der Waals surface area contributed by atoms with Crippen molar-refractivity contribution in [1.29, 1.82) is 0 Å². The van der Waals surface area contributed by atoms with Crippen molar-refractivity contribution in [1.82, 2.24) is 10.3 Å². The van der Waals surface area contributed by atoms with Crippen molar-refractivity contribution < 1.29 is 0 Å². The molecule has 0 spiro atoms. The Morgan fingerprint density at radius 2 is 2.20 bits per heavy atom. The molecule has 3 heteroatoms. The maximum Gasteiger partial charge on any atom is 0.0927 e. The van der Waals surface area contributed by atoms with Gasteiger partial charge in [-0.2, -0.15) is 0 Å². The summed E-state index contributed by atoms with van der Waals surface area (Å²) in [5.41, 5.74) is 0. The van der Waals surface area contributed by atoms with Crippen molar-refractivity contribution in [2.75, 3.05) is 6.54 Å². The van der Waals surface area contributed by atoms with Gasteiger partial charge in [0.1, 0.15) is 0 Å². The van der Waals surface area contributed by atoms with Crippen molar-refractivity contribution in [3.63, 3.8) is 0 Å². The molecule has 0 aliphatic heterocycles. The van der Waals surface area contributed by atoms with Gasteiger partial charge in [-0.3, -0.25) is 0 Å². The van der Waals surface area contributed by atoms with Crippen LogP contribution in [0.15, 0.2) is 11.6 Å². The fraction of sp³-hybridized carbons (Fsp3) is 0.824. The molecule has 0 bridgehead atoms. The molecule has 0 amide bonds. The van der Waals surface area contributed by atoms with E-state index in [1.807, 2.05) is 17.5 Å². The number of nitrogens with zero attached hydrogens (tertiary/aromatic N) is 1. The molecule has 114 valence electrons. The van der Waals surface area contributed by atoms with E-state index in [9.17, 15) is 0 Å². The average Bonchev–Trinajstić information content (AvgIpc) is 2.91. The molecule has 1 saturated carbocycles. The van der Waals surface area contributed by atoms with Crippen LogP contribution in [0.2, 0.25) is 0 Å². The molecule has 0 aromatic carbocycles. The smallest absolute Gasteiger partial charge is 0.0927 e. The fourth-order valence-electron chi connectivity index (χ4n) is 3.58. The quantitative estimate of drug-likeness (QED) is 0.800. The lowest BCUT2D eigenvalue weighted by atomic mass is 9.71. The minimum Gasteiger partial charge on any atom is -0.314 e. The van der Waals surface area contributed by atoms with Crippen LogP contribution in [-0.2, 0) is 6.42 Å². The van der Waals surface area contributed by atoms with Crippen LogP contribution in [0.5, 0.6) is 0 Å². The van der Waals surface area contributed by atoms with Gasteiger partial charge >= 0.3 is 0 Å². The van der Waals surface area contributed by atoms with E-state index in [-0.39, 0.29) is 0 Å². The van der Waals surface area contributed by atoms with Crippen LogP contribution in [-0.4, -0.2) is 17.6 Å². The SMILES string of the molecule is CCCC1CCC(CNC(C)C)C(Cc2nccs2)C1. The molecule has 1 heterocycles. The average molecular weight is 295 g/mol. The molecule has 1 aliphatic rings. The first-order chi connectivity index (χ1) is 9.69. The van der Waals surface area contributed by atoms with Crippen molar-refractivity contribution in [2.45, 2.75) is 65.3 Å². The molecule has 1 N–H and O–H groups in total. The van der Waals surface area contributed by atoms with E-state index < -0.39 is 0 Å². The van der Waals surface area contributed by atoms with E-state index in [2.05, 4.69) is 36.5 Å². The standard InChI is InChI=1S/C17H30N2S/c1-4-5-14-6-7-15(12-19-13(2)3)16(10-14)11-17-18-8-9-20-17/h8-9,13-16,19H,4-7,10-12H2,1-3H3. The van der Waals surface area contributed by atoms with Crippen molar-refractivity contribution >= 4 is 11.3 Å². The third kappa shape index (κ3) is 4.85. The maximum atomic E-state index is 4.51. The van der Waals surface area contributed by atoms with Crippen LogP contribution in [0.1, 0.15) is 57.9 Å². The van der Waals surface area contributed by atoms with E-state index in [4.69, 9.17) is 0 Å². The van der Waals surface area contributed by atoms with Crippen LogP contribution < -0.4 is 5.32 Å². The van der Waals surface area contributed by atoms with Crippen molar-refractivity contribution in [3.8, 4) is 0 Å². The lowest BCUT2D eigenvalue weighted by Crippen LogP contribution is -2.36. The van der Waals surface area contributed by atoms with Crippen LogP contribution in [0, 0.1) is 17.8 Å². The van der Waals surface area contributed by atoms with E-state index in [0.717, 1.165) is 17.8 Å². The minimum absolute atomic E-state index is 0.601. The molecule has 1 fully saturated rings. The molecule has 0 radical (unpaired) electrons. The number of rotatable bonds is 7. The summed E-state index contributed by atoms with van der Waals surface area (Å²) >= 11 is 1.83. The van der Waals surface area contributed by atoms with Crippen LogP contribution in [0.25, 0.3) is 0 Å². The van der Waals surface area contributed by atoms with Crippen molar-refractivity contribution in [3.05, 3.63) is 16.6 Å². The lowest BCUT2D eigenvalue weighted by molar-refractivity contribution is 0.165. The summed E-state index contributed by atoms with van der Waals surface area (Å²) in [6.45, 7) is 8.01. The summed E-state index contributed by atoms with van der Waals surface area (Å²) in [6, 6.07) is 0.601. The van der Waals surface area contributed by atoms with Crippen molar-refractivity contribution in [2.24, 2.45) is 17.8 Å². The van der Waals surface area contributed by atoms with Crippen LogP contribution >= 0.6 is 11.3 Å². The highest BCUT2D eigenvalue weighted by Crippen LogP contribution is 2.38. The summed E-state index contributed by atoms with van der Waals surface area (Å²) in [5, 5.41) is 7.10. The van der Waals surface area contributed by atoms with Gasteiger partial charge in [0.25, 0.3) is 0 Å². The number of hydrogen-bond acceptors (Lipinski definition) is 3. The number of hydrogen-bond donors (Lipinski definition) is 1. The summed E-state index contributed by atoms with van der Waals surface area (Å²) in [7, 11) is 0. The zero-order chi connectivity index (χ0) is 14.4. The molecule has 1 aromatic rings. The fourth-order valence-corrected chi connectivity index (χ4v) is 4.29. The Morgan fingerprint density at radius 1 is 1.35 bits per heavy atom. The Labute approximate surface area is 128 Å². The summed E-state index contributed by atoms with van der Waals surface area (Å²) in [6.07, 6.45) is 10.2. The molecule has 2 rings (SSSR count). The predicted molar refractivity (Wildman–Crippen MR) is 88.2 cm³/mol. The lowest BCUT2D eigenvalue weighted by Gasteiger charge is -2.36. The second-order valence-corrected chi connectivity index (χ2v) is 7.66. The first kappa shape index (κ1) is 16.0. The Hall–Kier alpha value is -0.410. The first-order valence-electron chi connectivity index (χ1n) is 8.30. The minimum atomic E-state index is 0.601. The van der Waals surface area contributed by atoms with Gasteiger partial charge in [0.2, 0.25) is 0 Å². The zero-order valence-electron chi connectivity index (χ0n) is 13.3. The summed E-state index contributed by atoms with van der Waals surface area (Å²) in [5.74, 6) is 2.63. The number of aromatic nitrogens is 1. The van der Waals surface area contributed by atoms with Crippen LogP contribution in [0.3, 0.4) is 0 Å². The second kappa shape index (κ2) is 8.14. The van der Waals surface area contributed by atoms with E-state index in [0.29, 0.717) is 6.04 Å². The first-order valence-corrected chi connectivity index (χ1v) is 9.18. The number of thiazole rings is 1. The molecule has 0 saturated heterocycles. The monoisotopic (exact) mass is 294 g/mol. The van der Waals surface area contributed by atoms with Gasteiger partial charge in [-0.15, -0.1) is 11.3 Å². The Bertz CT molecular complexity index is 361. The Morgan fingerprint density at radius 3 is 2.85 bits per heavy atom. The van der Waals surface area contributed by atoms with Gasteiger partial charge in [-0.1, -0.05) is 40.0 Å². The van der Waals surface area contributed by atoms with Gasteiger partial charge in [0.15, 0.2) is 0 Å². The van der Waals surface area contributed by atoms with Gasteiger partial charge in [0.05, 0.1) is 5.01 Å².